The molecule has 0 bridgehead atoms. The van der Waals surface area contributed by atoms with Crippen molar-refractivity contribution in [3.63, 3.8) is 0 Å². The van der Waals surface area contributed by atoms with Crippen molar-refractivity contribution in [3.8, 4) is 11.5 Å². The SMILES string of the molecule is CCCNCC(=O)N(C)Cc1ccc(O)c(OC)c1. The zero-order valence-corrected chi connectivity index (χ0v) is 11.8. The van der Waals surface area contributed by atoms with Gasteiger partial charge in [0.2, 0.25) is 5.91 Å². The summed E-state index contributed by atoms with van der Waals surface area (Å²) in [7, 11) is 3.26. The molecule has 0 aliphatic carbocycles. The van der Waals surface area contributed by atoms with E-state index in [9.17, 15) is 9.90 Å². The van der Waals surface area contributed by atoms with E-state index in [4.69, 9.17) is 4.74 Å². The highest BCUT2D eigenvalue weighted by Gasteiger charge is 2.10. The molecule has 106 valence electrons. The van der Waals surface area contributed by atoms with Gasteiger partial charge in [0.1, 0.15) is 0 Å². The fourth-order valence-electron chi connectivity index (χ4n) is 1.69. The molecule has 0 heterocycles. The molecule has 2 N–H and O–H groups in total. The Kier molecular flexibility index (Phi) is 6.15. The minimum atomic E-state index is 0.0421. The largest absolute Gasteiger partial charge is 0.504 e. The predicted octanol–water partition coefficient (Wildman–Crippen LogP) is 1.36. The molecule has 0 spiro atoms. The van der Waals surface area contributed by atoms with Crippen molar-refractivity contribution in [2.24, 2.45) is 0 Å². The highest BCUT2D eigenvalue weighted by Crippen LogP contribution is 2.26. The Balaban J connectivity index is 2.56. The number of phenolic OH excluding ortho intramolecular Hbond substituents is 1. The molecule has 5 nitrogen and oxygen atoms in total. The predicted molar refractivity (Wildman–Crippen MR) is 74.3 cm³/mol. The molecule has 0 unspecified atom stereocenters. The van der Waals surface area contributed by atoms with Crippen LogP contribution >= 0.6 is 0 Å². The van der Waals surface area contributed by atoms with Gasteiger partial charge in [-0.15, -0.1) is 0 Å². The first-order valence-electron chi connectivity index (χ1n) is 6.39. The first kappa shape index (κ1) is 15.3. The van der Waals surface area contributed by atoms with E-state index in [2.05, 4.69) is 12.2 Å². The van der Waals surface area contributed by atoms with E-state index in [1.54, 1.807) is 30.1 Å². The first-order chi connectivity index (χ1) is 9.08. The van der Waals surface area contributed by atoms with E-state index in [-0.39, 0.29) is 11.7 Å². The minimum absolute atomic E-state index is 0.0421. The van der Waals surface area contributed by atoms with Crippen LogP contribution in [-0.2, 0) is 11.3 Å². The van der Waals surface area contributed by atoms with Crippen LogP contribution in [0.3, 0.4) is 0 Å². The highest BCUT2D eigenvalue weighted by molar-refractivity contribution is 5.77. The number of carbonyl (C=O) groups is 1. The highest BCUT2D eigenvalue weighted by atomic mass is 16.5. The van der Waals surface area contributed by atoms with Crippen LogP contribution < -0.4 is 10.1 Å². The zero-order valence-electron chi connectivity index (χ0n) is 11.8. The van der Waals surface area contributed by atoms with Gasteiger partial charge in [-0.1, -0.05) is 13.0 Å². The normalized spacial score (nSPS) is 10.3. The van der Waals surface area contributed by atoms with E-state index in [0.717, 1.165) is 18.5 Å². The van der Waals surface area contributed by atoms with Crippen LogP contribution in [0.2, 0.25) is 0 Å². The molecule has 1 rings (SSSR count). The summed E-state index contributed by atoms with van der Waals surface area (Å²) in [5.41, 5.74) is 0.918. The van der Waals surface area contributed by atoms with E-state index in [1.165, 1.54) is 7.11 Å². The molecule has 0 aliphatic rings. The van der Waals surface area contributed by atoms with Gasteiger partial charge in [-0.2, -0.15) is 0 Å². The van der Waals surface area contributed by atoms with Gasteiger partial charge in [-0.3, -0.25) is 4.79 Å². The molecule has 0 radical (unpaired) electrons. The molecule has 0 aromatic heterocycles. The maximum absolute atomic E-state index is 11.8. The van der Waals surface area contributed by atoms with Gasteiger partial charge in [0.05, 0.1) is 13.7 Å². The number of amides is 1. The number of nitrogens with one attached hydrogen (secondary N) is 1. The lowest BCUT2D eigenvalue weighted by Gasteiger charge is -2.18. The number of phenols is 1. The summed E-state index contributed by atoms with van der Waals surface area (Å²) in [5.74, 6) is 0.563. The molecule has 0 atom stereocenters. The second-order valence-corrected chi connectivity index (χ2v) is 4.43. The summed E-state index contributed by atoms with van der Waals surface area (Å²) in [6, 6.07) is 5.08. The smallest absolute Gasteiger partial charge is 0.236 e. The molecule has 1 aromatic rings. The molecule has 0 saturated heterocycles. The number of ether oxygens (including phenoxy) is 1. The number of hydrogen-bond donors (Lipinski definition) is 2. The second kappa shape index (κ2) is 7.63. The average molecular weight is 266 g/mol. The summed E-state index contributed by atoms with van der Waals surface area (Å²) < 4.78 is 5.04. The summed E-state index contributed by atoms with van der Waals surface area (Å²) in [6.07, 6.45) is 1.01. The zero-order chi connectivity index (χ0) is 14.3. The summed E-state index contributed by atoms with van der Waals surface area (Å²) in [6.45, 7) is 3.74. The molecular formula is C14H22N2O3. The van der Waals surface area contributed by atoms with Gasteiger partial charge in [0, 0.05) is 13.6 Å². The number of methoxy groups -OCH3 is 1. The Hall–Kier alpha value is -1.75. The number of hydrogen-bond acceptors (Lipinski definition) is 4. The monoisotopic (exact) mass is 266 g/mol. The lowest BCUT2D eigenvalue weighted by Crippen LogP contribution is -2.35. The standard InChI is InChI=1S/C14H22N2O3/c1-4-7-15-9-14(18)16(2)10-11-5-6-12(17)13(8-11)19-3/h5-6,8,15,17H,4,7,9-10H2,1-3H3. The van der Waals surface area contributed by atoms with Crippen molar-refractivity contribution in [1.29, 1.82) is 0 Å². The van der Waals surface area contributed by atoms with Crippen LogP contribution in [0.1, 0.15) is 18.9 Å². The van der Waals surface area contributed by atoms with Crippen LogP contribution in [0.4, 0.5) is 0 Å². The summed E-state index contributed by atoms with van der Waals surface area (Å²) in [5, 5.41) is 12.6. The third kappa shape index (κ3) is 4.79. The number of nitrogens with zero attached hydrogens (tertiary/aromatic N) is 1. The van der Waals surface area contributed by atoms with Crippen LogP contribution in [0.15, 0.2) is 18.2 Å². The van der Waals surface area contributed by atoms with Crippen LogP contribution in [-0.4, -0.2) is 43.2 Å². The van der Waals surface area contributed by atoms with Crippen molar-refractivity contribution in [2.45, 2.75) is 19.9 Å². The van der Waals surface area contributed by atoms with Gasteiger partial charge in [0.25, 0.3) is 0 Å². The Morgan fingerprint density at radius 3 is 2.84 bits per heavy atom. The average Bonchev–Trinajstić information content (AvgIpc) is 2.41. The molecule has 0 saturated carbocycles. The van der Waals surface area contributed by atoms with Crippen molar-refractivity contribution in [2.75, 3.05) is 27.2 Å². The van der Waals surface area contributed by atoms with Crippen LogP contribution in [0.5, 0.6) is 11.5 Å². The van der Waals surface area contributed by atoms with E-state index in [0.29, 0.717) is 18.8 Å². The summed E-state index contributed by atoms with van der Waals surface area (Å²) in [4.78, 5) is 13.5. The number of likely N-dealkylation sites (N-methyl/N-ethyl adjacent to an activating group) is 1. The van der Waals surface area contributed by atoms with E-state index in [1.807, 2.05) is 0 Å². The molecule has 0 fully saturated rings. The molecule has 1 aromatic carbocycles. The third-order valence-corrected chi connectivity index (χ3v) is 2.79. The maximum atomic E-state index is 11.8. The number of carbonyl (C=O) groups excluding carboxylic acids is 1. The Labute approximate surface area is 114 Å². The summed E-state index contributed by atoms with van der Waals surface area (Å²) >= 11 is 0. The van der Waals surface area contributed by atoms with Gasteiger partial charge < -0.3 is 20.1 Å². The molecule has 1 amide bonds. The fourth-order valence-corrected chi connectivity index (χ4v) is 1.69. The third-order valence-electron chi connectivity index (χ3n) is 2.79. The topological polar surface area (TPSA) is 61.8 Å². The van der Waals surface area contributed by atoms with Crippen molar-refractivity contribution in [3.05, 3.63) is 23.8 Å². The Morgan fingerprint density at radius 1 is 1.47 bits per heavy atom. The van der Waals surface area contributed by atoms with E-state index < -0.39 is 0 Å². The molecule has 5 heteroatoms. The van der Waals surface area contributed by atoms with Crippen molar-refractivity contribution >= 4 is 5.91 Å². The van der Waals surface area contributed by atoms with Gasteiger partial charge >= 0.3 is 0 Å². The minimum Gasteiger partial charge on any atom is -0.504 e. The second-order valence-electron chi connectivity index (χ2n) is 4.43. The lowest BCUT2D eigenvalue weighted by molar-refractivity contribution is -0.129. The first-order valence-corrected chi connectivity index (χ1v) is 6.39. The molecule has 19 heavy (non-hydrogen) atoms. The van der Waals surface area contributed by atoms with Crippen LogP contribution in [0.25, 0.3) is 0 Å². The van der Waals surface area contributed by atoms with E-state index >= 15 is 0 Å². The van der Waals surface area contributed by atoms with Crippen molar-refractivity contribution in [1.82, 2.24) is 10.2 Å². The van der Waals surface area contributed by atoms with Crippen LogP contribution in [0, 0.1) is 0 Å². The number of benzene rings is 1. The fraction of sp³-hybridized carbons (Fsp3) is 0.500. The van der Waals surface area contributed by atoms with Gasteiger partial charge in [-0.25, -0.2) is 0 Å². The Bertz CT molecular complexity index is 421. The van der Waals surface area contributed by atoms with Gasteiger partial charge in [0.15, 0.2) is 11.5 Å². The van der Waals surface area contributed by atoms with Crippen molar-refractivity contribution < 1.29 is 14.6 Å². The number of rotatable bonds is 7. The quantitative estimate of drug-likeness (QED) is 0.732. The maximum Gasteiger partial charge on any atom is 0.236 e. The Morgan fingerprint density at radius 2 is 2.21 bits per heavy atom. The van der Waals surface area contributed by atoms with Gasteiger partial charge in [-0.05, 0) is 30.7 Å². The molecule has 0 aliphatic heterocycles. The molecular weight excluding hydrogens is 244 g/mol. The number of aromatic hydroxyl groups is 1. The lowest BCUT2D eigenvalue weighted by atomic mass is 10.2.